The molecule has 9 rings (SSSR count). The van der Waals surface area contributed by atoms with Crippen molar-refractivity contribution in [1.82, 2.24) is 9.97 Å². The molecule has 9 heteroatoms. The van der Waals surface area contributed by atoms with Gasteiger partial charge in [-0.25, -0.2) is 0 Å². The smallest absolute Gasteiger partial charge is 0.0314 e. The van der Waals surface area contributed by atoms with Crippen molar-refractivity contribution in [2.75, 3.05) is 22.9 Å². The number of hydrogen-bond donors (Lipinski definition) is 4. The molecule has 0 aliphatic carbocycles. The van der Waals surface area contributed by atoms with Gasteiger partial charge in [0, 0.05) is 39.5 Å². The fraction of sp³-hybridized carbons (Fsp3) is 0.136. The summed E-state index contributed by atoms with van der Waals surface area (Å²) in [5, 5.41) is 12.8. The quantitative estimate of drug-likeness (QED) is 0.149. The first kappa shape index (κ1) is 34.1. The van der Waals surface area contributed by atoms with Gasteiger partial charge in [0.25, 0.3) is 0 Å². The standard InChI is InChI=1S/C44H38N8.Co/c45-29-9-1-25(2-10-29)41-33-17-19-35(49-33)42(26-3-11-30(46)12-4-26)37-21-23-39(51-37)44(28-7-15-32(48)16-8-28)40-24-22-38(52-40)43(36-20-18-34(41)50-36)27-5-13-31(47)14-6-27;/h1-17,19,22,24,34,37H,18,20-21,23,45-48H2;/q-4;/b41-33-,42-35+,43-36-,44-39-;. The van der Waals surface area contributed by atoms with Gasteiger partial charge in [0.15, 0.2) is 0 Å². The summed E-state index contributed by atoms with van der Waals surface area (Å²) in [7, 11) is 0. The molecule has 2 atom stereocenters. The van der Waals surface area contributed by atoms with E-state index in [2.05, 4.69) is 72.8 Å². The number of rotatable bonds is 4. The van der Waals surface area contributed by atoms with Gasteiger partial charge in [-0.05, 0) is 83.6 Å². The van der Waals surface area contributed by atoms with Crippen molar-refractivity contribution >= 4 is 45.0 Å². The molecule has 5 heterocycles. The zero-order valence-corrected chi connectivity index (χ0v) is 30.0. The second-order valence-electron chi connectivity index (χ2n) is 13.8. The maximum absolute atomic E-state index is 6.16. The number of fused-ring (bicyclic) bond motifs is 8. The van der Waals surface area contributed by atoms with Gasteiger partial charge in [-0.3, -0.25) is 0 Å². The fourth-order valence-corrected chi connectivity index (χ4v) is 7.85. The number of benzene rings is 4. The van der Waals surface area contributed by atoms with E-state index in [1.807, 2.05) is 48.5 Å². The van der Waals surface area contributed by atoms with Crippen LogP contribution in [-0.2, 0) is 16.8 Å². The van der Waals surface area contributed by atoms with E-state index in [0.29, 0.717) is 22.7 Å². The van der Waals surface area contributed by atoms with Crippen LogP contribution in [0.25, 0.3) is 32.9 Å². The molecule has 8 nitrogen and oxygen atoms in total. The number of aromatic nitrogens is 2. The molecule has 267 valence electrons. The van der Waals surface area contributed by atoms with Crippen LogP contribution in [0, 0.1) is 0 Å². The average Bonchev–Trinajstić information content (AvgIpc) is 3.99. The molecule has 6 aromatic rings. The predicted octanol–water partition coefficient (Wildman–Crippen LogP) is 6.63. The second-order valence-corrected chi connectivity index (χ2v) is 13.8. The minimum atomic E-state index is -0.125. The molecular formula is C44H38CoN8-4. The molecule has 2 aromatic heterocycles. The van der Waals surface area contributed by atoms with Crippen molar-refractivity contribution in [1.29, 1.82) is 0 Å². The molecule has 2 unspecified atom stereocenters. The van der Waals surface area contributed by atoms with E-state index in [0.717, 1.165) is 104 Å². The molecule has 2 fully saturated rings. The summed E-state index contributed by atoms with van der Waals surface area (Å²) >= 11 is 0. The zero-order chi connectivity index (χ0) is 35.3. The molecule has 3 aliphatic heterocycles. The average molecular weight is 738 g/mol. The summed E-state index contributed by atoms with van der Waals surface area (Å²) < 4.78 is 0. The molecule has 8 N–H and O–H groups in total. The largest absolute Gasteiger partial charge is 0.681 e. The molecule has 1 radical (unpaired) electrons. The van der Waals surface area contributed by atoms with Gasteiger partial charge in [0.05, 0.1) is 0 Å². The van der Waals surface area contributed by atoms with Crippen LogP contribution in [0.1, 0.15) is 59.3 Å². The molecular weight excluding hydrogens is 699 g/mol. The molecule has 53 heavy (non-hydrogen) atoms. The Morgan fingerprint density at radius 2 is 0.736 bits per heavy atom. The molecule has 3 aliphatic rings. The number of nitrogens with two attached hydrogens (primary N) is 4. The third kappa shape index (κ3) is 6.39. The van der Waals surface area contributed by atoms with Gasteiger partial charge >= 0.3 is 0 Å². The van der Waals surface area contributed by atoms with Crippen LogP contribution >= 0.6 is 0 Å². The summed E-state index contributed by atoms with van der Waals surface area (Å²) in [4.78, 5) is 10.8. The molecule has 0 saturated carbocycles. The van der Waals surface area contributed by atoms with E-state index < -0.39 is 0 Å². The number of anilines is 4. The SMILES string of the molecule is Nc1ccc(/C2=C3\CCC([N-]3)/C(c3ccc(N)cc3)=c3/cc/c([n-]3)=C(/c3ccc(N)cc3)C3CC/C(=C(\c4ccc(N)cc4)c4ccc2[n-]4)[N-]3)cc1.[Co]. The van der Waals surface area contributed by atoms with E-state index in [4.69, 9.17) is 43.5 Å². The Balaban J connectivity index is 0.00000400. The summed E-state index contributed by atoms with van der Waals surface area (Å²) in [6, 6.07) is 40.3. The maximum Gasteiger partial charge on any atom is 0.0314 e. The van der Waals surface area contributed by atoms with Crippen molar-refractivity contribution in [2.24, 2.45) is 0 Å². The zero-order valence-electron chi connectivity index (χ0n) is 29.0. The molecule has 8 bridgehead atoms. The fourth-order valence-electron chi connectivity index (χ4n) is 7.85. The van der Waals surface area contributed by atoms with Crippen LogP contribution in [0.15, 0.2) is 133 Å². The molecule has 0 spiro atoms. The van der Waals surface area contributed by atoms with Crippen LogP contribution in [-0.4, -0.2) is 12.1 Å². The number of allylic oxidation sites excluding steroid dienone is 2. The van der Waals surface area contributed by atoms with E-state index in [-0.39, 0.29) is 28.9 Å². The van der Waals surface area contributed by atoms with E-state index in [1.165, 1.54) is 0 Å². The first-order valence-corrected chi connectivity index (χ1v) is 17.7. The van der Waals surface area contributed by atoms with Gasteiger partial charge in [0.2, 0.25) is 0 Å². The van der Waals surface area contributed by atoms with E-state index in [9.17, 15) is 0 Å². The van der Waals surface area contributed by atoms with Crippen LogP contribution in [0.3, 0.4) is 0 Å². The minimum absolute atomic E-state index is 0. The first-order valence-electron chi connectivity index (χ1n) is 17.7. The molecule has 0 amide bonds. The van der Waals surface area contributed by atoms with Crippen molar-refractivity contribution in [2.45, 2.75) is 37.8 Å². The summed E-state index contributed by atoms with van der Waals surface area (Å²) in [5.41, 5.74) is 39.6. The monoisotopic (exact) mass is 737 g/mol. The van der Waals surface area contributed by atoms with Crippen molar-refractivity contribution in [3.63, 3.8) is 0 Å². The van der Waals surface area contributed by atoms with Crippen molar-refractivity contribution in [3.8, 4) is 0 Å². The minimum Gasteiger partial charge on any atom is -0.681 e. The number of hydrogen-bond acceptors (Lipinski definition) is 4. The maximum atomic E-state index is 6.16. The van der Waals surface area contributed by atoms with E-state index in [1.54, 1.807) is 0 Å². The van der Waals surface area contributed by atoms with Gasteiger partial charge in [0.1, 0.15) is 0 Å². The molecule has 2 saturated heterocycles. The third-order valence-corrected chi connectivity index (χ3v) is 10.4. The second kappa shape index (κ2) is 13.8. The summed E-state index contributed by atoms with van der Waals surface area (Å²) in [6.07, 6.45) is 3.22. The normalized spacial score (nSPS) is 22.9. The Morgan fingerprint density at radius 3 is 1.09 bits per heavy atom. The Labute approximate surface area is 319 Å². The van der Waals surface area contributed by atoms with Crippen molar-refractivity contribution < 1.29 is 16.8 Å². The molecule has 4 aromatic carbocycles. The number of nitrogen functional groups attached to an aromatic ring is 4. The van der Waals surface area contributed by atoms with Gasteiger partial charge in [-0.2, -0.15) is 11.4 Å². The Kier molecular flexibility index (Phi) is 8.89. The predicted molar refractivity (Wildman–Crippen MR) is 212 cm³/mol. The first-order chi connectivity index (χ1) is 25.4. The van der Waals surface area contributed by atoms with E-state index >= 15 is 0 Å². The summed E-state index contributed by atoms with van der Waals surface area (Å²) in [6.45, 7) is 0. The van der Waals surface area contributed by atoms with Crippen molar-refractivity contribution in [3.05, 3.63) is 188 Å². The Bertz CT molecular complexity index is 2310. The van der Waals surface area contributed by atoms with Gasteiger partial charge < -0.3 is 43.5 Å². The Hall–Kier alpha value is -6.03. The number of nitrogens with zero attached hydrogens (tertiary/aromatic N) is 4. The van der Waals surface area contributed by atoms with Crippen LogP contribution in [0.5, 0.6) is 0 Å². The Morgan fingerprint density at radius 1 is 0.396 bits per heavy atom. The van der Waals surface area contributed by atoms with Crippen LogP contribution in [0.4, 0.5) is 22.7 Å². The van der Waals surface area contributed by atoms with Gasteiger partial charge in [-0.1, -0.05) is 120 Å². The topological polar surface area (TPSA) is 160 Å². The van der Waals surface area contributed by atoms with Gasteiger partial charge in [-0.15, -0.1) is 22.1 Å². The van der Waals surface area contributed by atoms with Crippen LogP contribution in [0.2, 0.25) is 0 Å². The summed E-state index contributed by atoms with van der Waals surface area (Å²) in [5.74, 6) is 0. The van der Waals surface area contributed by atoms with Crippen LogP contribution < -0.4 is 43.6 Å². The third-order valence-electron chi connectivity index (χ3n) is 10.4.